The smallest absolute Gasteiger partial charge is 0.416 e. The van der Waals surface area contributed by atoms with Crippen LogP contribution < -0.4 is 5.32 Å². The Kier molecular flexibility index (Phi) is 23.8. The first-order valence-electron chi connectivity index (χ1n) is 25.6. The van der Waals surface area contributed by atoms with Gasteiger partial charge in [-0.05, 0) is 72.1 Å². The molecule has 0 aliphatic carbocycles. The van der Waals surface area contributed by atoms with Gasteiger partial charge in [0.05, 0.1) is 63.0 Å². The van der Waals surface area contributed by atoms with E-state index in [1.54, 1.807) is 6.92 Å². The summed E-state index contributed by atoms with van der Waals surface area (Å²) >= 11 is 0. The zero-order valence-corrected chi connectivity index (χ0v) is 48.7. The van der Waals surface area contributed by atoms with Crippen LogP contribution >= 0.6 is 0 Å². The summed E-state index contributed by atoms with van der Waals surface area (Å²) in [7, 11) is -1.17. The molecule has 3 heterocycles. The first-order valence-corrected chi connectivity index (χ1v) is 31.4. The van der Waals surface area contributed by atoms with Gasteiger partial charge in [0.25, 0.3) is 0 Å². The van der Waals surface area contributed by atoms with E-state index >= 15 is 0 Å². The van der Waals surface area contributed by atoms with E-state index in [2.05, 4.69) is 98.7 Å². The van der Waals surface area contributed by atoms with Crippen LogP contribution in [-0.2, 0) is 65.1 Å². The topological polar surface area (TPSA) is 178 Å². The Hall–Kier alpha value is -4.02. The second-order valence-corrected chi connectivity index (χ2v) is 32.2. The standard InChI is InChI=1S/C26H43NO6Si.C15H31NO4Si.C13H15NO3/c1-18(16-32-30-7)19(2)23(33-34(8,9)26(4,5)6)20(3)24(28)27-22(17-31-25(27)29)15-21-13-11-10-12-14-21;1-10-12(9-19-18-6)16-14(17)11(2)13(10)20-21(7,8)15(3,4)5;1-2-12(15)14-11(9-17-13(14)16)8-10-6-4-3-5-7-10/h10-14,18-20,22-23H,15-17H2,1-9H3;10-13H,9H2,1-8H3,(H,16,17);3-7,11H,2,8-9H2,1H3/t18-,19+,20-,22?,23?;10-,11+,12?,13?;/m01./s1. The minimum atomic E-state index is -2.21. The van der Waals surface area contributed by atoms with Gasteiger partial charge >= 0.3 is 12.2 Å². The van der Waals surface area contributed by atoms with E-state index in [1.807, 2.05) is 74.5 Å². The number of hydrogen-bond donors (Lipinski definition) is 1. The van der Waals surface area contributed by atoms with E-state index in [1.165, 1.54) is 24.0 Å². The molecule has 0 bridgehead atoms. The fourth-order valence-electron chi connectivity index (χ4n) is 8.27. The Morgan fingerprint density at radius 1 is 0.736 bits per heavy atom. The van der Waals surface area contributed by atoms with Gasteiger partial charge in [-0.15, -0.1) is 0 Å². The summed E-state index contributed by atoms with van der Waals surface area (Å²) in [5.74, 6) is -0.813. The van der Waals surface area contributed by atoms with Gasteiger partial charge in [-0.25, -0.2) is 38.9 Å². The predicted octanol–water partition coefficient (Wildman–Crippen LogP) is 10.2. The minimum absolute atomic E-state index is 0.00516. The van der Waals surface area contributed by atoms with Crippen molar-refractivity contribution < 1.29 is 61.8 Å². The first-order chi connectivity index (χ1) is 33.5. The van der Waals surface area contributed by atoms with Crippen molar-refractivity contribution in [1.29, 1.82) is 0 Å². The Morgan fingerprint density at radius 3 is 1.67 bits per heavy atom. The van der Waals surface area contributed by atoms with Gasteiger partial charge in [0.15, 0.2) is 16.6 Å². The van der Waals surface area contributed by atoms with Gasteiger partial charge < -0.3 is 23.6 Å². The summed E-state index contributed by atoms with van der Waals surface area (Å²) in [6, 6.07) is 19.1. The van der Waals surface area contributed by atoms with Crippen LogP contribution in [0.3, 0.4) is 0 Å². The molecule has 10 atom stereocenters. The second-order valence-electron chi connectivity index (χ2n) is 22.6. The van der Waals surface area contributed by atoms with Crippen LogP contribution in [0.5, 0.6) is 0 Å². The molecule has 16 nitrogen and oxygen atoms in total. The number of ether oxygens (including phenoxy) is 2. The summed E-state index contributed by atoms with van der Waals surface area (Å²) in [6.45, 7) is 35.0. The lowest BCUT2D eigenvalue weighted by atomic mass is 9.83. The van der Waals surface area contributed by atoms with E-state index < -0.39 is 34.7 Å². The molecule has 0 aromatic heterocycles. The predicted molar refractivity (Wildman–Crippen MR) is 282 cm³/mol. The van der Waals surface area contributed by atoms with Gasteiger partial charge in [-0.2, -0.15) is 0 Å². The minimum Gasteiger partial charge on any atom is -0.447 e. The van der Waals surface area contributed by atoms with E-state index in [0.717, 1.165) is 11.1 Å². The maximum atomic E-state index is 13.8. The molecule has 2 aromatic rings. The molecule has 5 unspecified atom stereocenters. The number of hydrogen-bond acceptors (Lipinski definition) is 13. The Balaban J connectivity index is 0.000000307. The molecular formula is C54H89N3O13Si2. The molecule has 3 aliphatic heterocycles. The van der Waals surface area contributed by atoms with Crippen LogP contribution in [0.4, 0.5) is 9.59 Å². The van der Waals surface area contributed by atoms with Crippen molar-refractivity contribution in [3.05, 3.63) is 71.8 Å². The lowest BCUT2D eigenvalue weighted by molar-refractivity contribution is -0.282. The number of cyclic esters (lactones) is 2. The lowest BCUT2D eigenvalue weighted by Crippen LogP contribution is -2.60. The quantitative estimate of drug-likeness (QED) is 0.0799. The van der Waals surface area contributed by atoms with Crippen molar-refractivity contribution in [3.8, 4) is 0 Å². The summed E-state index contributed by atoms with van der Waals surface area (Å²) in [6.07, 6.45) is -0.0183. The number of amides is 5. The lowest BCUT2D eigenvalue weighted by Gasteiger charge is -2.46. The van der Waals surface area contributed by atoms with Gasteiger partial charge in [0.1, 0.15) is 19.8 Å². The molecular weight excluding hydrogens is 955 g/mol. The van der Waals surface area contributed by atoms with Crippen LogP contribution in [-0.4, -0.2) is 127 Å². The fourth-order valence-corrected chi connectivity index (χ4v) is 11.2. The molecule has 0 radical (unpaired) electrons. The fraction of sp³-hybridized carbons (Fsp3) is 0.685. The Labute approximate surface area is 432 Å². The number of piperidine rings is 1. The zero-order chi connectivity index (χ0) is 54.4. The van der Waals surface area contributed by atoms with Crippen molar-refractivity contribution in [2.45, 2.75) is 169 Å². The average Bonchev–Trinajstić information content (AvgIpc) is 3.88. The van der Waals surface area contributed by atoms with Crippen LogP contribution in [0.15, 0.2) is 60.7 Å². The molecule has 2 aromatic carbocycles. The largest absolute Gasteiger partial charge is 0.447 e. The highest BCUT2D eigenvalue weighted by Gasteiger charge is 2.49. The molecule has 18 heteroatoms. The summed E-state index contributed by atoms with van der Waals surface area (Å²) in [4.78, 5) is 83.9. The molecule has 3 aliphatic rings. The van der Waals surface area contributed by atoms with E-state index in [0.29, 0.717) is 39.1 Å². The Morgan fingerprint density at radius 2 is 1.21 bits per heavy atom. The number of benzene rings is 2. The van der Waals surface area contributed by atoms with Crippen LogP contribution in [0.1, 0.15) is 101 Å². The van der Waals surface area contributed by atoms with Gasteiger partial charge in [0.2, 0.25) is 17.7 Å². The molecule has 5 rings (SSSR count). The van der Waals surface area contributed by atoms with Crippen LogP contribution in [0.2, 0.25) is 36.3 Å². The third kappa shape index (κ3) is 17.0. The molecule has 3 saturated heterocycles. The average molecular weight is 1040 g/mol. The molecule has 1 N–H and O–H groups in total. The number of nitrogens with one attached hydrogen (secondary N) is 1. The highest BCUT2D eigenvalue weighted by atomic mass is 28.4. The second kappa shape index (κ2) is 27.5. The Bertz CT molecular complexity index is 2030. The molecule has 72 heavy (non-hydrogen) atoms. The first kappa shape index (κ1) is 62.3. The number of imide groups is 2. The summed E-state index contributed by atoms with van der Waals surface area (Å²) in [5, 5.41) is 3.10. The monoisotopic (exact) mass is 1040 g/mol. The third-order valence-electron chi connectivity index (χ3n) is 15.3. The van der Waals surface area contributed by atoms with Crippen molar-refractivity contribution >= 4 is 46.5 Å². The van der Waals surface area contributed by atoms with E-state index in [4.69, 9.17) is 33.0 Å². The number of nitrogens with zero attached hydrogens (tertiary/aromatic N) is 2. The summed E-state index contributed by atoms with van der Waals surface area (Å²) in [5.41, 5.74) is 2.16. The van der Waals surface area contributed by atoms with Gasteiger partial charge in [0, 0.05) is 12.3 Å². The van der Waals surface area contributed by atoms with Crippen molar-refractivity contribution in [2.75, 3.05) is 40.6 Å². The zero-order valence-electron chi connectivity index (χ0n) is 46.7. The highest BCUT2D eigenvalue weighted by molar-refractivity contribution is 6.74. The van der Waals surface area contributed by atoms with Crippen molar-refractivity contribution in [1.82, 2.24) is 15.1 Å². The van der Waals surface area contributed by atoms with Crippen LogP contribution in [0, 0.1) is 29.6 Å². The van der Waals surface area contributed by atoms with E-state index in [-0.39, 0.29) is 88.4 Å². The maximum Gasteiger partial charge on any atom is 0.416 e. The molecule has 5 amide bonds. The van der Waals surface area contributed by atoms with Crippen LogP contribution in [0.25, 0.3) is 0 Å². The van der Waals surface area contributed by atoms with Gasteiger partial charge in [-0.3, -0.25) is 14.4 Å². The number of rotatable bonds is 19. The SMILES string of the molecule is CCC(=O)N1C(=O)OCC1Cc1ccccc1.COOCC1NC(=O)[C@@H](C)C(O[Si](C)(C)C(C)(C)C)[C@@H]1C.COOC[C@H](C)[C@@H](C)C(O[Si](C)(C)C(C)(C)C)[C@H](C)C(=O)N1C(=O)OCC1Cc1ccccc1. The maximum absolute atomic E-state index is 13.8. The third-order valence-corrected chi connectivity index (χ3v) is 24.3. The van der Waals surface area contributed by atoms with Gasteiger partial charge in [-0.1, -0.05) is 144 Å². The highest BCUT2D eigenvalue weighted by Crippen LogP contribution is 2.42. The summed E-state index contributed by atoms with van der Waals surface area (Å²) < 4.78 is 23.6. The van der Waals surface area contributed by atoms with E-state index in [9.17, 15) is 24.0 Å². The molecule has 3 fully saturated rings. The molecule has 406 valence electrons. The van der Waals surface area contributed by atoms with Crippen molar-refractivity contribution in [2.24, 2.45) is 29.6 Å². The van der Waals surface area contributed by atoms with Crippen molar-refractivity contribution in [3.63, 3.8) is 0 Å². The number of carbonyl (C=O) groups excluding carboxylic acids is 5. The number of carbonyl (C=O) groups is 5. The molecule has 0 spiro atoms. The normalized spacial score (nSPS) is 23.3. The molecule has 0 saturated carbocycles.